The smallest absolute Gasteiger partial charge is 0.341 e. The molecule has 7 nitrogen and oxygen atoms in total. The van der Waals surface area contributed by atoms with Gasteiger partial charge in [0, 0.05) is 15.5 Å². The van der Waals surface area contributed by atoms with Crippen LogP contribution in [0.2, 0.25) is 15.1 Å². The van der Waals surface area contributed by atoms with Crippen molar-refractivity contribution < 1.29 is 23.9 Å². The first-order chi connectivity index (χ1) is 18.2. The van der Waals surface area contributed by atoms with Gasteiger partial charge in [0.25, 0.3) is 11.8 Å². The first-order valence-electron chi connectivity index (χ1n) is 12.0. The average Bonchev–Trinajstić information content (AvgIpc) is 3.22. The highest BCUT2D eigenvalue weighted by Gasteiger charge is 2.29. The largest absolute Gasteiger partial charge is 0.484 e. The predicted molar refractivity (Wildman–Crippen MR) is 151 cm³/mol. The quantitative estimate of drug-likeness (QED) is 0.267. The monoisotopic (exact) mass is 594 g/mol. The van der Waals surface area contributed by atoms with E-state index in [1.165, 1.54) is 23.5 Å². The molecule has 11 heteroatoms. The first kappa shape index (κ1) is 28.2. The predicted octanol–water partition coefficient (Wildman–Crippen LogP) is 7.28. The standard InChI is InChI=1S/C27H25Cl3N2O5S/c1-3-36-27(35)23-18-9-4-14(2)10-21(18)38-26(23)31-22(33)13-37-17-7-5-15(6-8-17)25(34)32-24-19(29)11-16(28)12-20(24)30/h5-8,11-12,14H,3-4,9-10,13H2,1-2H3,(H,31,33)(H,32,34). The van der Waals surface area contributed by atoms with Crippen molar-refractivity contribution in [2.75, 3.05) is 23.8 Å². The Morgan fingerprint density at radius 1 is 1.05 bits per heavy atom. The summed E-state index contributed by atoms with van der Waals surface area (Å²) in [6.07, 6.45) is 2.64. The third-order valence-corrected chi connectivity index (χ3v) is 7.96. The fourth-order valence-corrected chi connectivity index (χ4v) is 6.45. The van der Waals surface area contributed by atoms with Crippen molar-refractivity contribution in [1.82, 2.24) is 0 Å². The van der Waals surface area contributed by atoms with E-state index in [-0.39, 0.29) is 28.9 Å². The van der Waals surface area contributed by atoms with Crippen LogP contribution in [0.1, 0.15) is 51.4 Å². The van der Waals surface area contributed by atoms with Crippen LogP contribution in [0.4, 0.5) is 10.7 Å². The third kappa shape index (κ3) is 6.61. The number of rotatable bonds is 8. The van der Waals surface area contributed by atoms with Crippen molar-refractivity contribution in [2.24, 2.45) is 5.92 Å². The summed E-state index contributed by atoms with van der Waals surface area (Å²) in [4.78, 5) is 39.1. The van der Waals surface area contributed by atoms with E-state index in [9.17, 15) is 14.4 Å². The fraction of sp³-hybridized carbons (Fsp3) is 0.296. The summed E-state index contributed by atoms with van der Waals surface area (Å²) in [5.41, 5.74) is 2.01. The molecule has 1 aromatic heterocycles. The summed E-state index contributed by atoms with van der Waals surface area (Å²) in [7, 11) is 0. The van der Waals surface area contributed by atoms with Gasteiger partial charge in [-0.25, -0.2) is 4.79 Å². The second kappa shape index (κ2) is 12.4. The average molecular weight is 596 g/mol. The lowest BCUT2D eigenvalue weighted by Crippen LogP contribution is -2.21. The Kier molecular flexibility index (Phi) is 9.20. The van der Waals surface area contributed by atoms with Gasteiger partial charge in [0.05, 0.1) is 27.9 Å². The number of thiophene rings is 1. The van der Waals surface area contributed by atoms with E-state index in [1.807, 2.05) is 0 Å². The summed E-state index contributed by atoms with van der Waals surface area (Å²) in [6.45, 7) is 3.91. The summed E-state index contributed by atoms with van der Waals surface area (Å²) in [5.74, 6) is -0.345. The number of anilines is 2. The summed E-state index contributed by atoms with van der Waals surface area (Å²) >= 11 is 19.6. The molecule has 0 aliphatic heterocycles. The fourth-order valence-electron chi connectivity index (χ4n) is 4.12. The molecule has 1 aliphatic carbocycles. The van der Waals surface area contributed by atoms with Crippen LogP contribution >= 0.6 is 46.1 Å². The molecular formula is C27H25Cl3N2O5S. The Morgan fingerprint density at radius 2 is 1.74 bits per heavy atom. The molecule has 1 atom stereocenters. The second-order valence-electron chi connectivity index (χ2n) is 8.84. The molecule has 2 N–H and O–H groups in total. The molecule has 200 valence electrons. The molecule has 0 bridgehead atoms. The molecule has 2 aromatic carbocycles. The number of carbonyl (C=O) groups is 3. The molecular weight excluding hydrogens is 571 g/mol. The second-order valence-corrected chi connectivity index (χ2v) is 11.2. The minimum Gasteiger partial charge on any atom is -0.484 e. The van der Waals surface area contributed by atoms with Crippen molar-refractivity contribution >= 4 is 74.6 Å². The zero-order valence-electron chi connectivity index (χ0n) is 20.7. The van der Waals surface area contributed by atoms with Gasteiger partial charge in [-0.2, -0.15) is 0 Å². The van der Waals surface area contributed by atoms with Gasteiger partial charge in [-0.1, -0.05) is 41.7 Å². The number of hydrogen-bond acceptors (Lipinski definition) is 6. The van der Waals surface area contributed by atoms with Crippen molar-refractivity contribution in [3.05, 3.63) is 73.0 Å². The Labute approximate surface area is 239 Å². The van der Waals surface area contributed by atoms with E-state index in [0.29, 0.717) is 32.8 Å². The molecule has 1 aliphatic rings. The number of nitrogens with one attached hydrogen (secondary N) is 2. The molecule has 1 heterocycles. The maximum Gasteiger partial charge on any atom is 0.341 e. The van der Waals surface area contributed by atoms with E-state index in [2.05, 4.69) is 17.6 Å². The number of fused-ring (bicyclic) bond motifs is 1. The Balaban J connectivity index is 1.38. The molecule has 0 fully saturated rings. The number of hydrogen-bond donors (Lipinski definition) is 2. The van der Waals surface area contributed by atoms with E-state index in [0.717, 1.165) is 29.7 Å². The Hall–Kier alpha value is -2.78. The summed E-state index contributed by atoms with van der Waals surface area (Å²) < 4.78 is 10.8. The van der Waals surface area contributed by atoms with E-state index in [4.69, 9.17) is 44.3 Å². The van der Waals surface area contributed by atoms with Crippen LogP contribution in [0.3, 0.4) is 0 Å². The maximum atomic E-state index is 12.7. The van der Waals surface area contributed by atoms with Gasteiger partial charge in [-0.3, -0.25) is 9.59 Å². The highest BCUT2D eigenvalue weighted by molar-refractivity contribution is 7.17. The molecule has 38 heavy (non-hydrogen) atoms. The topological polar surface area (TPSA) is 93.7 Å². The van der Waals surface area contributed by atoms with Crippen LogP contribution in [0.15, 0.2) is 36.4 Å². The van der Waals surface area contributed by atoms with Crippen molar-refractivity contribution in [2.45, 2.75) is 33.1 Å². The molecule has 4 rings (SSSR count). The highest BCUT2D eigenvalue weighted by atomic mass is 35.5. The molecule has 0 saturated heterocycles. The van der Waals surface area contributed by atoms with Gasteiger partial charge >= 0.3 is 5.97 Å². The molecule has 0 spiro atoms. The number of halogens is 3. The van der Waals surface area contributed by atoms with Gasteiger partial charge in [-0.05, 0) is 74.1 Å². The highest BCUT2D eigenvalue weighted by Crippen LogP contribution is 2.40. The first-order valence-corrected chi connectivity index (χ1v) is 13.9. The zero-order chi connectivity index (χ0) is 27.4. The lowest BCUT2D eigenvalue weighted by Gasteiger charge is -2.18. The van der Waals surface area contributed by atoms with Crippen molar-refractivity contribution in [3.63, 3.8) is 0 Å². The minimum absolute atomic E-state index is 0.217. The van der Waals surface area contributed by atoms with E-state index >= 15 is 0 Å². The lowest BCUT2D eigenvalue weighted by atomic mass is 9.88. The number of amides is 2. The number of carbonyl (C=O) groups excluding carboxylic acids is 3. The number of esters is 1. The molecule has 0 saturated carbocycles. The Morgan fingerprint density at radius 3 is 2.39 bits per heavy atom. The molecule has 0 radical (unpaired) electrons. The molecule has 2 amide bonds. The number of ether oxygens (including phenoxy) is 2. The van der Waals surface area contributed by atoms with Gasteiger partial charge in [0.15, 0.2) is 6.61 Å². The molecule has 3 aromatic rings. The van der Waals surface area contributed by atoms with Crippen LogP contribution in [0.25, 0.3) is 0 Å². The zero-order valence-corrected chi connectivity index (χ0v) is 23.7. The maximum absolute atomic E-state index is 12.7. The van der Waals surface area contributed by atoms with E-state index < -0.39 is 17.8 Å². The van der Waals surface area contributed by atoms with Gasteiger partial charge in [-0.15, -0.1) is 11.3 Å². The third-order valence-electron chi connectivity index (χ3n) is 5.98. The summed E-state index contributed by atoms with van der Waals surface area (Å²) in [5, 5.41) is 6.76. The van der Waals surface area contributed by atoms with Crippen LogP contribution in [-0.2, 0) is 22.4 Å². The minimum atomic E-state index is -0.428. The van der Waals surface area contributed by atoms with Crippen LogP contribution < -0.4 is 15.4 Å². The Bertz CT molecular complexity index is 1350. The van der Waals surface area contributed by atoms with Crippen LogP contribution in [0.5, 0.6) is 5.75 Å². The normalized spacial score (nSPS) is 14.4. The summed E-state index contributed by atoms with van der Waals surface area (Å²) in [6, 6.07) is 9.20. The molecule has 1 unspecified atom stereocenters. The van der Waals surface area contributed by atoms with Gasteiger partial charge in [0.1, 0.15) is 10.8 Å². The van der Waals surface area contributed by atoms with Gasteiger partial charge in [0.2, 0.25) is 0 Å². The van der Waals surface area contributed by atoms with E-state index in [1.54, 1.807) is 31.2 Å². The van der Waals surface area contributed by atoms with Crippen molar-refractivity contribution in [3.8, 4) is 5.75 Å². The van der Waals surface area contributed by atoms with Crippen LogP contribution in [0, 0.1) is 5.92 Å². The van der Waals surface area contributed by atoms with Gasteiger partial charge < -0.3 is 20.1 Å². The number of benzene rings is 2. The van der Waals surface area contributed by atoms with Crippen molar-refractivity contribution in [1.29, 1.82) is 0 Å². The SMILES string of the molecule is CCOC(=O)c1c(NC(=O)COc2ccc(C(=O)Nc3c(Cl)cc(Cl)cc3Cl)cc2)sc2c1CCC(C)C2. The lowest BCUT2D eigenvalue weighted by molar-refractivity contribution is -0.118. The van der Waals surface area contributed by atoms with Crippen LogP contribution in [-0.4, -0.2) is 31.0 Å².